The number of pyridine rings is 1. The fourth-order valence-corrected chi connectivity index (χ4v) is 2.35. The number of nitrogens with zero attached hydrogens (tertiary/aromatic N) is 2. The molecule has 1 aromatic heterocycles. The molecule has 84 valence electrons. The van der Waals surface area contributed by atoms with E-state index in [0.717, 1.165) is 15.5 Å². The Labute approximate surface area is 104 Å². The Morgan fingerprint density at radius 1 is 1.24 bits per heavy atom. The molecular weight excluding hydrogens is 232 g/mol. The van der Waals surface area contributed by atoms with E-state index in [9.17, 15) is 0 Å². The summed E-state index contributed by atoms with van der Waals surface area (Å²) in [4.78, 5) is 5.84. The third kappa shape index (κ3) is 2.58. The molecule has 0 amide bonds. The van der Waals surface area contributed by atoms with Crippen molar-refractivity contribution in [2.45, 2.75) is 9.79 Å². The number of para-hydroxylation sites is 1. The summed E-state index contributed by atoms with van der Waals surface area (Å²) in [7, 11) is 1.63. The smallest absolute Gasteiger partial charge is 0.132 e. The van der Waals surface area contributed by atoms with E-state index in [4.69, 9.17) is 10.00 Å². The maximum absolute atomic E-state index is 9.00. The lowest BCUT2D eigenvalue weighted by Gasteiger charge is -2.07. The fraction of sp³-hybridized carbons (Fsp3) is 0.0769. The van der Waals surface area contributed by atoms with Gasteiger partial charge in [0.25, 0.3) is 0 Å². The van der Waals surface area contributed by atoms with E-state index in [2.05, 4.69) is 11.1 Å². The summed E-state index contributed by atoms with van der Waals surface area (Å²) in [5, 5.41) is 9.00. The van der Waals surface area contributed by atoms with Crippen molar-refractivity contribution in [2.24, 2.45) is 0 Å². The zero-order chi connectivity index (χ0) is 12.1. The van der Waals surface area contributed by atoms with Crippen molar-refractivity contribution < 1.29 is 4.74 Å². The second kappa shape index (κ2) is 5.37. The Bertz CT molecular complexity index is 563. The van der Waals surface area contributed by atoms with Gasteiger partial charge in [-0.15, -0.1) is 0 Å². The molecule has 2 rings (SSSR count). The Morgan fingerprint density at radius 2 is 2.06 bits per heavy atom. The van der Waals surface area contributed by atoms with Gasteiger partial charge >= 0.3 is 0 Å². The summed E-state index contributed by atoms with van der Waals surface area (Å²) in [6.07, 6.45) is 3.31. The van der Waals surface area contributed by atoms with Crippen LogP contribution in [0.1, 0.15) is 5.56 Å². The third-order valence-electron chi connectivity index (χ3n) is 2.19. The zero-order valence-electron chi connectivity index (χ0n) is 9.25. The van der Waals surface area contributed by atoms with Gasteiger partial charge in [-0.25, -0.2) is 0 Å². The van der Waals surface area contributed by atoms with Gasteiger partial charge in [-0.3, -0.25) is 4.98 Å². The van der Waals surface area contributed by atoms with Gasteiger partial charge in [0.15, 0.2) is 0 Å². The van der Waals surface area contributed by atoms with E-state index >= 15 is 0 Å². The quantitative estimate of drug-likeness (QED) is 0.829. The van der Waals surface area contributed by atoms with Gasteiger partial charge in [0, 0.05) is 17.3 Å². The minimum Gasteiger partial charge on any atom is -0.496 e. The minimum atomic E-state index is 0.621. The molecule has 3 nitrogen and oxygen atoms in total. The summed E-state index contributed by atoms with van der Waals surface area (Å²) >= 11 is 1.48. The molecule has 0 radical (unpaired) electrons. The number of aromatic nitrogens is 1. The molecule has 0 aliphatic heterocycles. The molecule has 4 heteroatoms. The SMILES string of the molecule is COc1ccccc1Sc1cnccc1C#N. The van der Waals surface area contributed by atoms with Gasteiger partial charge < -0.3 is 4.74 Å². The first-order valence-electron chi connectivity index (χ1n) is 5.00. The van der Waals surface area contributed by atoms with Crippen LogP contribution in [-0.4, -0.2) is 12.1 Å². The molecule has 0 aliphatic rings. The Hall–Kier alpha value is -1.99. The monoisotopic (exact) mass is 242 g/mol. The van der Waals surface area contributed by atoms with E-state index in [1.165, 1.54) is 11.8 Å². The maximum atomic E-state index is 9.00. The Balaban J connectivity index is 2.35. The number of nitriles is 1. The number of ether oxygens (including phenoxy) is 1. The van der Waals surface area contributed by atoms with Crippen LogP contribution in [0.3, 0.4) is 0 Å². The lowest BCUT2D eigenvalue weighted by atomic mass is 10.3. The van der Waals surface area contributed by atoms with Crippen LogP contribution in [0, 0.1) is 11.3 Å². The van der Waals surface area contributed by atoms with Gasteiger partial charge in [-0.05, 0) is 18.2 Å². The number of hydrogen-bond donors (Lipinski definition) is 0. The van der Waals surface area contributed by atoms with E-state index in [1.54, 1.807) is 25.6 Å². The van der Waals surface area contributed by atoms with Gasteiger partial charge in [-0.1, -0.05) is 23.9 Å². The van der Waals surface area contributed by atoms with E-state index < -0.39 is 0 Å². The molecule has 0 spiro atoms. The van der Waals surface area contributed by atoms with Crippen molar-refractivity contribution in [3.63, 3.8) is 0 Å². The summed E-state index contributed by atoms with van der Waals surface area (Å²) < 4.78 is 5.27. The molecular formula is C13H10N2OS. The summed E-state index contributed by atoms with van der Waals surface area (Å²) in [6.45, 7) is 0. The van der Waals surface area contributed by atoms with Crippen LogP contribution in [0.2, 0.25) is 0 Å². The maximum Gasteiger partial charge on any atom is 0.132 e. The molecule has 0 aliphatic carbocycles. The second-order valence-corrected chi connectivity index (χ2v) is 4.32. The van der Waals surface area contributed by atoms with Gasteiger partial charge in [0.1, 0.15) is 11.8 Å². The van der Waals surface area contributed by atoms with Gasteiger partial charge in [0.2, 0.25) is 0 Å². The van der Waals surface area contributed by atoms with Crippen LogP contribution in [-0.2, 0) is 0 Å². The fourth-order valence-electron chi connectivity index (χ4n) is 1.38. The molecule has 1 aromatic carbocycles. The lowest BCUT2D eigenvalue weighted by Crippen LogP contribution is -1.87. The number of methoxy groups -OCH3 is 1. The van der Waals surface area contributed by atoms with E-state index in [0.29, 0.717) is 5.56 Å². The van der Waals surface area contributed by atoms with Crippen molar-refractivity contribution in [1.82, 2.24) is 4.98 Å². The van der Waals surface area contributed by atoms with E-state index in [-0.39, 0.29) is 0 Å². The number of benzene rings is 1. The standard InChI is InChI=1S/C13H10N2OS/c1-16-11-4-2-3-5-12(11)17-13-9-15-7-6-10(13)8-14/h2-7,9H,1H3. The van der Waals surface area contributed by atoms with Gasteiger partial charge in [0.05, 0.1) is 17.6 Å². The predicted molar refractivity (Wildman–Crippen MR) is 66.1 cm³/mol. The molecule has 0 bridgehead atoms. The highest BCUT2D eigenvalue weighted by atomic mass is 32.2. The molecule has 0 saturated heterocycles. The van der Waals surface area contributed by atoms with Crippen LogP contribution in [0.5, 0.6) is 5.75 Å². The Morgan fingerprint density at radius 3 is 2.82 bits per heavy atom. The molecule has 0 fully saturated rings. The lowest BCUT2D eigenvalue weighted by molar-refractivity contribution is 0.405. The Kier molecular flexibility index (Phi) is 3.63. The molecule has 0 unspecified atom stereocenters. The first kappa shape index (κ1) is 11.5. The van der Waals surface area contributed by atoms with Crippen molar-refractivity contribution in [3.05, 3.63) is 48.3 Å². The molecule has 2 aromatic rings. The van der Waals surface area contributed by atoms with Crippen LogP contribution >= 0.6 is 11.8 Å². The predicted octanol–water partition coefficient (Wildman–Crippen LogP) is 3.11. The highest BCUT2D eigenvalue weighted by molar-refractivity contribution is 7.99. The van der Waals surface area contributed by atoms with Crippen LogP contribution < -0.4 is 4.74 Å². The molecule has 1 heterocycles. The average molecular weight is 242 g/mol. The highest BCUT2D eigenvalue weighted by Crippen LogP contribution is 2.35. The summed E-state index contributed by atoms with van der Waals surface area (Å²) in [6, 6.07) is 11.6. The van der Waals surface area contributed by atoms with Crippen molar-refractivity contribution in [2.75, 3.05) is 7.11 Å². The molecule has 0 saturated carbocycles. The summed E-state index contributed by atoms with van der Waals surface area (Å²) in [5.74, 6) is 0.797. The average Bonchev–Trinajstić information content (AvgIpc) is 2.40. The first-order chi connectivity index (χ1) is 8.35. The van der Waals surface area contributed by atoms with Crippen LogP contribution in [0.25, 0.3) is 0 Å². The largest absolute Gasteiger partial charge is 0.496 e. The van der Waals surface area contributed by atoms with Gasteiger partial charge in [-0.2, -0.15) is 5.26 Å². The van der Waals surface area contributed by atoms with Crippen molar-refractivity contribution >= 4 is 11.8 Å². The zero-order valence-corrected chi connectivity index (χ0v) is 10.1. The molecule has 0 N–H and O–H groups in total. The van der Waals surface area contributed by atoms with Crippen LogP contribution in [0.15, 0.2) is 52.5 Å². The highest BCUT2D eigenvalue weighted by Gasteiger charge is 2.07. The normalized spacial score (nSPS) is 9.65. The second-order valence-electron chi connectivity index (χ2n) is 3.24. The molecule has 0 atom stereocenters. The minimum absolute atomic E-state index is 0.621. The number of rotatable bonds is 3. The summed E-state index contributed by atoms with van der Waals surface area (Å²) in [5.41, 5.74) is 0.621. The molecule has 17 heavy (non-hydrogen) atoms. The van der Waals surface area contributed by atoms with Crippen molar-refractivity contribution in [1.29, 1.82) is 5.26 Å². The van der Waals surface area contributed by atoms with E-state index in [1.807, 2.05) is 24.3 Å². The number of hydrogen-bond acceptors (Lipinski definition) is 4. The third-order valence-corrected chi connectivity index (χ3v) is 3.30. The first-order valence-corrected chi connectivity index (χ1v) is 5.82. The topological polar surface area (TPSA) is 45.9 Å². The van der Waals surface area contributed by atoms with Crippen molar-refractivity contribution in [3.8, 4) is 11.8 Å². The van der Waals surface area contributed by atoms with Crippen LogP contribution in [0.4, 0.5) is 0 Å².